The quantitative estimate of drug-likeness (QED) is 0.365. The maximum atomic E-state index is 11.1. The highest BCUT2D eigenvalue weighted by Gasteiger charge is 2.13. The van der Waals surface area contributed by atoms with E-state index in [0.717, 1.165) is 6.08 Å². The van der Waals surface area contributed by atoms with Gasteiger partial charge in [0.1, 0.15) is 6.61 Å². The van der Waals surface area contributed by atoms with E-state index in [4.69, 9.17) is 5.11 Å². The van der Waals surface area contributed by atoms with Crippen LogP contribution in [0, 0.1) is 10.1 Å². The standard InChI is InChI=1S/C11H9NO6/c13-10(14)5-6-11(15)18-7-8-3-1-2-4-9(8)12(16)17/h1-6H,7H2,(H,13,14)/b6-5-. The molecule has 0 saturated heterocycles. The van der Waals surface area contributed by atoms with Gasteiger partial charge < -0.3 is 9.84 Å². The van der Waals surface area contributed by atoms with E-state index < -0.39 is 16.9 Å². The Hall–Kier alpha value is -2.70. The van der Waals surface area contributed by atoms with Gasteiger partial charge in [0, 0.05) is 18.2 Å². The molecule has 0 saturated carbocycles. The van der Waals surface area contributed by atoms with E-state index in [0.29, 0.717) is 6.08 Å². The first-order valence-corrected chi connectivity index (χ1v) is 4.80. The van der Waals surface area contributed by atoms with Crippen LogP contribution in [0.4, 0.5) is 5.69 Å². The Kier molecular flexibility index (Phi) is 4.56. The Labute approximate surface area is 101 Å². The Morgan fingerprint density at radius 3 is 2.61 bits per heavy atom. The zero-order chi connectivity index (χ0) is 13.5. The van der Waals surface area contributed by atoms with E-state index in [-0.39, 0.29) is 17.9 Å². The molecule has 0 heterocycles. The highest BCUT2D eigenvalue weighted by atomic mass is 16.6. The first-order chi connectivity index (χ1) is 8.50. The fraction of sp³-hybridized carbons (Fsp3) is 0.0909. The lowest BCUT2D eigenvalue weighted by Gasteiger charge is -2.02. The average molecular weight is 251 g/mol. The van der Waals surface area contributed by atoms with Gasteiger partial charge in [-0.25, -0.2) is 9.59 Å². The molecule has 0 aliphatic rings. The fourth-order valence-electron chi connectivity index (χ4n) is 1.15. The molecule has 18 heavy (non-hydrogen) atoms. The molecule has 0 aliphatic heterocycles. The maximum Gasteiger partial charge on any atom is 0.331 e. The van der Waals surface area contributed by atoms with Crippen LogP contribution in [0.5, 0.6) is 0 Å². The van der Waals surface area contributed by atoms with Gasteiger partial charge in [-0.1, -0.05) is 12.1 Å². The summed E-state index contributed by atoms with van der Waals surface area (Å²) in [4.78, 5) is 31.3. The van der Waals surface area contributed by atoms with Crippen LogP contribution < -0.4 is 0 Å². The highest BCUT2D eigenvalue weighted by molar-refractivity contribution is 5.90. The van der Waals surface area contributed by atoms with Crippen molar-refractivity contribution in [1.29, 1.82) is 0 Å². The number of aliphatic carboxylic acids is 1. The lowest BCUT2D eigenvalue weighted by molar-refractivity contribution is -0.385. The normalized spacial score (nSPS) is 10.2. The number of ether oxygens (including phenoxy) is 1. The molecule has 0 aliphatic carbocycles. The van der Waals surface area contributed by atoms with Crippen molar-refractivity contribution in [2.24, 2.45) is 0 Å². The van der Waals surface area contributed by atoms with Crippen molar-refractivity contribution >= 4 is 17.6 Å². The topological polar surface area (TPSA) is 107 Å². The lowest BCUT2D eigenvalue weighted by atomic mass is 10.2. The number of rotatable bonds is 5. The van der Waals surface area contributed by atoms with Crippen LogP contribution in [0.1, 0.15) is 5.56 Å². The van der Waals surface area contributed by atoms with Gasteiger partial charge in [0.2, 0.25) is 0 Å². The van der Waals surface area contributed by atoms with Gasteiger partial charge in [-0.05, 0) is 6.07 Å². The number of carboxylic acid groups (broad SMARTS) is 1. The number of hydrogen-bond acceptors (Lipinski definition) is 5. The van der Waals surface area contributed by atoms with Gasteiger partial charge >= 0.3 is 11.9 Å². The summed E-state index contributed by atoms with van der Waals surface area (Å²) in [6.07, 6.45) is 1.36. The summed E-state index contributed by atoms with van der Waals surface area (Å²) in [6, 6.07) is 5.81. The molecule has 1 rings (SSSR count). The molecule has 94 valence electrons. The van der Waals surface area contributed by atoms with E-state index in [2.05, 4.69) is 4.74 Å². The Balaban J connectivity index is 2.67. The number of carboxylic acids is 1. The number of esters is 1. The molecule has 0 bridgehead atoms. The largest absolute Gasteiger partial charge is 0.478 e. The summed E-state index contributed by atoms with van der Waals surface area (Å²) in [7, 11) is 0. The second kappa shape index (κ2) is 6.14. The van der Waals surface area contributed by atoms with Crippen LogP contribution in [0.15, 0.2) is 36.4 Å². The zero-order valence-electron chi connectivity index (χ0n) is 9.11. The highest BCUT2D eigenvalue weighted by Crippen LogP contribution is 2.18. The van der Waals surface area contributed by atoms with Gasteiger partial charge in [0.15, 0.2) is 0 Å². The molecular formula is C11H9NO6. The molecule has 0 unspecified atom stereocenters. The average Bonchev–Trinajstić information content (AvgIpc) is 2.34. The predicted molar refractivity (Wildman–Crippen MR) is 59.7 cm³/mol. The molecular weight excluding hydrogens is 242 g/mol. The number of hydrogen-bond donors (Lipinski definition) is 1. The molecule has 1 aromatic rings. The third-order valence-corrected chi connectivity index (χ3v) is 1.92. The van der Waals surface area contributed by atoms with Crippen molar-refractivity contribution in [3.05, 3.63) is 52.1 Å². The van der Waals surface area contributed by atoms with Crippen molar-refractivity contribution in [2.75, 3.05) is 0 Å². The second-order valence-electron chi connectivity index (χ2n) is 3.17. The number of nitro benzene ring substituents is 1. The van der Waals surface area contributed by atoms with E-state index in [9.17, 15) is 19.7 Å². The predicted octanol–water partition coefficient (Wildman–Crippen LogP) is 1.28. The number of nitro groups is 1. The number of benzene rings is 1. The monoisotopic (exact) mass is 251 g/mol. The molecule has 7 nitrogen and oxygen atoms in total. The Morgan fingerprint density at radius 1 is 1.33 bits per heavy atom. The number of carbonyl (C=O) groups is 2. The Bertz CT molecular complexity index is 508. The maximum absolute atomic E-state index is 11.1. The summed E-state index contributed by atoms with van der Waals surface area (Å²) < 4.78 is 4.68. The molecule has 1 aromatic carbocycles. The molecule has 7 heteroatoms. The van der Waals surface area contributed by atoms with E-state index in [1.807, 2.05) is 0 Å². The molecule has 0 amide bonds. The Morgan fingerprint density at radius 2 is 2.00 bits per heavy atom. The summed E-state index contributed by atoms with van der Waals surface area (Å²) in [5, 5.41) is 18.9. The number of carbonyl (C=O) groups excluding carboxylic acids is 1. The van der Waals surface area contributed by atoms with Gasteiger partial charge in [-0.3, -0.25) is 10.1 Å². The number of para-hydroxylation sites is 1. The van der Waals surface area contributed by atoms with Gasteiger partial charge in [-0.15, -0.1) is 0 Å². The van der Waals surface area contributed by atoms with Crippen LogP contribution in [0.2, 0.25) is 0 Å². The van der Waals surface area contributed by atoms with Crippen molar-refractivity contribution in [1.82, 2.24) is 0 Å². The van der Waals surface area contributed by atoms with Gasteiger partial charge in [0.05, 0.1) is 10.5 Å². The molecule has 0 fully saturated rings. The van der Waals surface area contributed by atoms with Crippen LogP contribution in [-0.2, 0) is 20.9 Å². The molecule has 0 radical (unpaired) electrons. The van der Waals surface area contributed by atoms with E-state index in [1.165, 1.54) is 18.2 Å². The minimum Gasteiger partial charge on any atom is -0.478 e. The van der Waals surface area contributed by atoms with Gasteiger partial charge in [-0.2, -0.15) is 0 Å². The smallest absolute Gasteiger partial charge is 0.331 e. The summed E-state index contributed by atoms with van der Waals surface area (Å²) >= 11 is 0. The first kappa shape index (κ1) is 13.4. The van der Waals surface area contributed by atoms with Crippen LogP contribution in [0.25, 0.3) is 0 Å². The summed E-state index contributed by atoms with van der Waals surface area (Å²) in [5.41, 5.74) is 0.0760. The van der Waals surface area contributed by atoms with E-state index >= 15 is 0 Å². The molecule has 0 atom stereocenters. The number of nitrogens with zero attached hydrogens (tertiary/aromatic N) is 1. The SMILES string of the molecule is O=C(O)/C=C\C(=O)OCc1ccccc1[N+](=O)[O-]. The minimum atomic E-state index is -1.28. The fourth-order valence-corrected chi connectivity index (χ4v) is 1.15. The third kappa shape index (κ3) is 4.05. The summed E-state index contributed by atoms with van der Waals surface area (Å²) in [6.45, 7) is -0.292. The van der Waals surface area contributed by atoms with Crippen LogP contribution in [-0.4, -0.2) is 22.0 Å². The molecule has 0 spiro atoms. The van der Waals surface area contributed by atoms with Crippen molar-refractivity contribution in [2.45, 2.75) is 6.61 Å². The van der Waals surface area contributed by atoms with Crippen LogP contribution in [0.3, 0.4) is 0 Å². The third-order valence-electron chi connectivity index (χ3n) is 1.92. The van der Waals surface area contributed by atoms with Gasteiger partial charge in [0.25, 0.3) is 5.69 Å². The summed E-state index contributed by atoms with van der Waals surface area (Å²) in [5.74, 6) is -2.16. The van der Waals surface area contributed by atoms with E-state index in [1.54, 1.807) is 6.07 Å². The minimum absolute atomic E-state index is 0.160. The van der Waals surface area contributed by atoms with Crippen molar-refractivity contribution in [3.8, 4) is 0 Å². The molecule has 1 N–H and O–H groups in total. The lowest BCUT2D eigenvalue weighted by Crippen LogP contribution is -2.04. The van der Waals surface area contributed by atoms with Crippen molar-refractivity contribution < 1.29 is 24.4 Å². The molecule has 0 aromatic heterocycles. The second-order valence-corrected chi connectivity index (χ2v) is 3.17. The van der Waals surface area contributed by atoms with Crippen LogP contribution >= 0.6 is 0 Å². The van der Waals surface area contributed by atoms with Crippen molar-refractivity contribution in [3.63, 3.8) is 0 Å². The zero-order valence-corrected chi connectivity index (χ0v) is 9.11. The first-order valence-electron chi connectivity index (χ1n) is 4.80.